The van der Waals surface area contributed by atoms with Gasteiger partial charge in [-0.1, -0.05) is 26.3 Å². The van der Waals surface area contributed by atoms with Crippen molar-refractivity contribution in [1.82, 2.24) is 9.88 Å². The molecule has 0 aliphatic rings. The second kappa shape index (κ2) is 7.89. The predicted octanol–water partition coefficient (Wildman–Crippen LogP) is 2.77. The molecule has 0 aromatic carbocycles. The Morgan fingerprint density at radius 1 is 1.47 bits per heavy atom. The van der Waals surface area contributed by atoms with Crippen molar-refractivity contribution >= 4 is 5.84 Å². The summed E-state index contributed by atoms with van der Waals surface area (Å²) in [5, 5.41) is 7.61. The SMILES string of the molecule is CCCCN(Cc1cccnc1C(=N)N)C(C)CC. The summed E-state index contributed by atoms with van der Waals surface area (Å²) in [7, 11) is 0. The largest absolute Gasteiger partial charge is 0.382 e. The summed E-state index contributed by atoms with van der Waals surface area (Å²) in [5.41, 5.74) is 7.27. The topological polar surface area (TPSA) is 66.0 Å². The summed E-state index contributed by atoms with van der Waals surface area (Å²) in [4.78, 5) is 6.67. The van der Waals surface area contributed by atoms with Crippen molar-refractivity contribution in [2.45, 2.75) is 52.6 Å². The highest BCUT2D eigenvalue weighted by molar-refractivity contribution is 5.94. The van der Waals surface area contributed by atoms with E-state index in [1.165, 1.54) is 12.8 Å². The van der Waals surface area contributed by atoms with E-state index in [0.717, 1.165) is 25.1 Å². The molecule has 1 heterocycles. The van der Waals surface area contributed by atoms with Gasteiger partial charge < -0.3 is 5.73 Å². The number of amidine groups is 1. The Hall–Kier alpha value is -1.42. The fourth-order valence-corrected chi connectivity index (χ4v) is 2.10. The molecule has 0 saturated carbocycles. The third-order valence-electron chi connectivity index (χ3n) is 3.53. The van der Waals surface area contributed by atoms with E-state index in [1.807, 2.05) is 12.1 Å². The number of rotatable bonds is 8. The van der Waals surface area contributed by atoms with Gasteiger partial charge in [-0.2, -0.15) is 0 Å². The lowest BCUT2D eigenvalue weighted by molar-refractivity contribution is 0.192. The first kappa shape index (κ1) is 15.6. The maximum atomic E-state index is 7.61. The van der Waals surface area contributed by atoms with Gasteiger partial charge in [0.25, 0.3) is 0 Å². The predicted molar refractivity (Wildman–Crippen MR) is 80.3 cm³/mol. The van der Waals surface area contributed by atoms with Crippen molar-refractivity contribution in [3.05, 3.63) is 29.6 Å². The van der Waals surface area contributed by atoms with Crippen molar-refractivity contribution in [2.24, 2.45) is 5.73 Å². The van der Waals surface area contributed by atoms with Gasteiger partial charge in [-0.15, -0.1) is 0 Å². The molecule has 106 valence electrons. The van der Waals surface area contributed by atoms with Gasteiger partial charge in [-0.3, -0.25) is 15.3 Å². The van der Waals surface area contributed by atoms with Gasteiger partial charge in [0.05, 0.1) is 0 Å². The van der Waals surface area contributed by atoms with Crippen LogP contribution in [-0.2, 0) is 6.54 Å². The number of nitrogens with one attached hydrogen (secondary N) is 1. The molecule has 0 fully saturated rings. The van der Waals surface area contributed by atoms with Crippen LogP contribution in [-0.4, -0.2) is 28.3 Å². The monoisotopic (exact) mass is 262 g/mol. The van der Waals surface area contributed by atoms with Crippen molar-refractivity contribution in [3.8, 4) is 0 Å². The average Bonchev–Trinajstić information content (AvgIpc) is 2.42. The van der Waals surface area contributed by atoms with Gasteiger partial charge in [0.15, 0.2) is 0 Å². The first-order valence-electron chi connectivity index (χ1n) is 7.12. The van der Waals surface area contributed by atoms with Crippen LogP contribution in [0.1, 0.15) is 51.3 Å². The lowest BCUT2D eigenvalue weighted by atomic mass is 10.1. The number of hydrogen-bond donors (Lipinski definition) is 2. The molecule has 1 rings (SSSR count). The van der Waals surface area contributed by atoms with Crippen LogP contribution in [0, 0.1) is 5.41 Å². The summed E-state index contributed by atoms with van der Waals surface area (Å²) in [6, 6.07) is 4.47. The Balaban J connectivity index is 2.86. The average molecular weight is 262 g/mol. The molecule has 4 heteroatoms. The second-order valence-electron chi connectivity index (χ2n) is 5.01. The minimum absolute atomic E-state index is 0.0511. The molecular weight excluding hydrogens is 236 g/mol. The van der Waals surface area contributed by atoms with Crippen LogP contribution in [0.15, 0.2) is 18.3 Å². The molecule has 1 aromatic heterocycles. The molecule has 1 atom stereocenters. The molecule has 0 amide bonds. The zero-order chi connectivity index (χ0) is 14.3. The number of nitrogens with zero attached hydrogens (tertiary/aromatic N) is 2. The van der Waals surface area contributed by atoms with Crippen LogP contribution >= 0.6 is 0 Å². The summed E-state index contributed by atoms with van der Waals surface area (Å²) < 4.78 is 0. The number of pyridine rings is 1. The minimum Gasteiger partial charge on any atom is -0.382 e. The van der Waals surface area contributed by atoms with Crippen molar-refractivity contribution in [1.29, 1.82) is 5.41 Å². The van der Waals surface area contributed by atoms with E-state index < -0.39 is 0 Å². The quantitative estimate of drug-likeness (QED) is 0.559. The molecule has 19 heavy (non-hydrogen) atoms. The second-order valence-corrected chi connectivity index (χ2v) is 5.01. The van der Waals surface area contributed by atoms with E-state index in [1.54, 1.807) is 6.20 Å². The Bertz CT molecular complexity index is 403. The molecular formula is C15H26N4. The van der Waals surface area contributed by atoms with E-state index in [0.29, 0.717) is 11.7 Å². The Kier molecular flexibility index (Phi) is 6.50. The molecule has 4 nitrogen and oxygen atoms in total. The van der Waals surface area contributed by atoms with Gasteiger partial charge >= 0.3 is 0 Å². The highest BCUT2D eigenvalue weighted by Crippen LogP contribution is 2.14. The van der Waals surface area contributed by atoms with E-state index >= 15 is 0 Å². The molecule has 0 aliphatic heterocycles. The van der Waals surface area contributed by atoms with Crippen molar-refractivity contribution in [3.63, 3.8) is 0 Å². The van der Waals surface area contributed by atoms with Crippen LogP contribution < -0.4 is 5.73 Å². The minimum atomic E-state index is 0.0511. The smallest absolute Gasteiger partial charge is 0.142 e. The molecule has 1 unspecified atom stereocenters. The van der Waals surface area contributed by atoms with E-state index in [4.69, 9.17) is 11.1 Å². The first-order chi connectivity index (χ1) is 9.10. The summed E-state index contributed by atoms with van der Waals surface area (Å²) in [6.45, 7) is 8.56. The van der Waals surface area contributed by atoms with Crippen LogP contribution in [0.2, 0.25) is 0 Å². The van der Waals surface area contributed by atoms with E-state index in [9.17, 15) is 0 Å². The van der Waals surface area contributed by atoms with Crippen LogP contribution in [0.3, 0.4) is 0 Å². The molecule has 0 aliphatic carbocycles. The molecule has 0 bridgehead atoms. The third-order valence-corrected chi connectivity index (χ3v) is 3.53. The van der Waals surface area contributed by atoms with E-state index in [-0.39, 0.29) is 5.84 Å². The van der Waals surface area contributed by atoms with Gasteiger partial charge in [0, 0.05) is 18.8 Å². The molecule has 0 radical (unpaired) electrons. The van der Waals surface area contributed by atoms with Crippen molar-refractivity contribution < 1.29 is 0 Å². The highest BCUT2D eigenvalue weighted by atomic mass is 15.1. The Morgan fingerprint density at radius 3 is 2.79 bits per heavy atom. The molecule has 1 aromatic rings. The standard InChI is InChI=1S/C15H26N4/c1-4-6-10-19(12(3)5-2)11-13-8-7-9-18-14(13)15(16)17/h7-9,12H,4-6,10-11H2,1-3H3,(H3,16,17). The van der Waals surface area contributed by atoms with Crippen LogP contribution in [0.25, 0.3) is 0 Å². The molecule has 3 N–H and O–H groups in total. The van der Waals surface area contributed by atoms with Gasteiger partial charge in [0.1, 0.15) is 11.5 Å². The maximum Gasteiger partial charge on any atom is 0.142 e. The van der Waals surface area contributed by atoms with E-state index in [2.05, 4.69) is 30.7 Å². The lowest BCUT2D eigenvalue weighted by Gasteiger charge is -2.28. The summed E-state index contributed by atoms with van der Waals surface area (Å²) in [5.74, 6) is 0.0511. The van der Waals surface area contributed by atoms with Gasteiger partial charge in [-0.25, -0.2) is 0 Å². The normalized spacial score (nSPS) is 12.6. The molecule has 0 saturated heterocycles. The lowest BCUT2D eigenvalue weighted by Crippen LogP contribution is -2.34. The Morgan fingerprint density at radius 2 is 2.21 bits per heavy atom. The highest BCUT2D eigenvalue weighted by Gasteiger charge is 2.15. The fraction of sp³-hybridized carbons (Fsp3) is 0.600. The zero-order valence-electron chi connectivity index (χ0n) is 12.3. The third kappa shape index (κ3) is 4.63. The zero-order valence-corrected chi connectivity index (χ0v) is 12.3. The number of nitrogen functional groups attached to an aromatic ring is 1. The maximum absolute atomic E-state index is 7.61. The summed E-state index contributed by atoms with van der Waals surface area (Å²) in [6.07, 6.45) is 5.21. The van der Waals surface area contributed by atoms with Crippen LogP contribution in [0.5, 0.6) is 0 Å². The van der Waals surface area contributed by atoms with Gasteiger partial charge in [0.2, 0.25) is 0 Å². The number of nitrogens with two attached hydrogens (primary N) is 1. The number of hydrogen-bond acceptors (Lipinski definition) is 3. The Labute approximate surface area is 116 Å². The van der Waals surface area contributed by atoms with Gasteiger partial charge in [-0.05, 0) is 37.9 Å². The van der Waals surface area contributed by atoms with Crippen molar-refractivity contribution in [2.75, 3.05) is 6.54 Å². The number of unbranched alkanes of at least 4 members (excludes halogenated alkanes) is 1. The first-order valence-corrected chi connectivity index (χ1v) is 7.12. The van der Waals surface area contributed by atoms with Crippen LogP contribution in [0.4, 0.5) is 0 Å². The molecule has 0 spiro atoms. The number of aromatic nitrogens is 1. The summed E-state index contributed by atoms with van der Waals surface area (Å²) >= 11 is 0. The fourth-order valence-electron chi connectivity index (χ4n) is 2.10.